The second kappa shape index (κ2) is 7.81. The fourth-order valence-electron chi connectivity index (χ4n) is 1.91. The van der Waals surface area contributed by atoms with Crippen molar-refractivity contribution in [3.8, 4) is 17.6 Å². The maximum Gasteiger partial charge on any atom is 0.121 e. The van der Waals surface area contributed by atoms with Crippen molar-refractivity contribution in [2.24, 2.45) is 0 Å². The van der Waals surface area contributed by atoms with Crippen LogP contribution >= 0.6 is 0 Å². The summed E-state index contributed by atoms with van der Waals surface area (Å²) in [5.74, 6) is 1.05. The van der Waals surface area contributed by atoms with E-state index in [1.165, 1.54) is 0 Å². The van der Waals surface area contributed by atoms with Crippen LogP contribution in [0.4, 0.5) is 5.69 Å². The van der Waals surface area contributed by atoms with Crippen molar-refractivity contribution in [3.63, 3.8) is 0 Å². The van der Waals surface area contributed by atoms with Crippen molar-refractivity contribution in [2.75, 3.05) is 11.9 Å². The molecule has 4 nitrogen and oxygen atoms in total. The van der Waals surface area contributed by atoms with Gasteiger partial charge in [-0.2, -0.15) is 5.26 Å². The molecule has 2 aromatic rings. The zero-order valence-corrected chi connectivity index (χ0v) is 11.7. The minimum absolute atomic E-state index is 0.267. The summed E-state index contributed by atoms with van der Waals surface area (Å²) in [4.78, 5) is 0. The molecule has 2 N–H and O–H groups in total. The topological polar surface area (TPSA) is 65.3 Å². The average molecular weight is 282 g/mol. The molecule has 0 saturated heterocycles. The Hall–Kier alpha value is -2.67. The molecule has 108 valence electrons. The van der Waals surface area contributed by atoms with E-state index < -0.39 is 0 Å². The SMILES string of the molecule is N#CCCCOc1cccc(NCc2cccc(O)c2)c1. The number of benzene rings is 2. The Labute approximate surface area is 124 Å². The monoisotopic (exact) mass is 282 g/mol. The van der Waals surface area contributed by atoms with Gasteiger partial charge in [-0.15, -0.1) is 0 Å². The predicted octanol–water partition coefficient (Wildman–Crippen LogP) is 3.69. The van der Waals surface area contributed by atoms with Crippen LogP contribution in [-0.2, 0) is 6.54 Å². The van der Waals surface area contributed by atoms with Gasteiger partial charge < -0.3 is 15.2 Å². The number of hydrogen-bond acceptors (Lipinski definition) is 4. The smallest absolute Gasteiger partial charge is 0.121 e. The molecule has 0 amide bonds. The standard InChI is InChI=1S/C17H18N2O2/c18-9-1-2-10-21-17-8-4-6-15(12-17)19-13-14-5-3-7-16(20)11-14/h3-8,11-12,19-20H,1-2,10,13H2. The second-order valence-corrected chi connectivity index (χ2v) is 4.66. The molecule has 2 aromatic carbocycles. The van der Waals surface area contributed by atoms with Gasteiger partial charge in [-0.3, -0.25) is 0 Å². The third kappa shape index (κ3) is 5.07. The first kappa shape index (κ1) is 14.7. The van der Waals surface area contributed by atoms with Crippen LogP contribution in [-0.4, -0.2) is 11.7 Å². The lowest BCUT2D eigenvalue weighted by atomic mass is 10.2. The van der Waals surface area contributed by atoms with Crippen molar-refractivity contribution in [2.45, 2.75) is 19.4 Å². The number of nitrogens with one attached hydrogen (secondary N) is 1. The Morgan fingerprint density at radius 2 is 2.00 bits per heavy atom. The summed E-state index contributed by atoms with van der Waals surface area (Å²) < 4.78 is 5.59. The number of nitrogens with zero attached hydrogens (tertiary/aromatic N) is 1. The van der Waals surface area contributed by atoms with Crippen LogP contribution in [0.5, 0.6) is 11.5 Å². The van der Waals surface area contributed by atoms with Crippen LogP contribution in [0.1, 0.15) is 18.4 Å². The summed E-state index contributed by atoms with van der Waals surface area (Å²) in [6.07, 6.45) is 1.24. The summed E-state index contributed by atoms with van der Waals surface area (Å²) in [5, 5.41) is 21.2. The van der Waals surface area contributed by atoms with Crippen LogP contribution in [0.3, 0.4) is 0 Å². The van der Waals surface area contributed by atoms with E-state index in [1.54, 1.807) is 12.1 Å². The van der Waals surface area contributed by atoms with Gasteiger partial charge in [0.05, 0.1) is 12.7 Å². The number of nitriles is 1. The van der Waals surface area contributed by atoms with E-state index in [4.69, 9.17) is 10.00 Å². The summed E-state index contributed by atoms with van der Waals surface area (Å²) >= 11 is 0. The summed E-state index contributed by atoms with van der Waals surface area (Å²) in [6, 6.07) is 17.0. The van der Waals surface area contributed by atoms with Gasteiger partial charge in [0.2, 0.25) is 0 Å². The van der Waals surface area contributed by atoms with Crippen LogP contribution < -0.4 is 10.1 Å². The molecule has 0 saturated carbocycles. The third-order valence-electron chi connectivity index (χ3n) is 2.94. The number of phenols is 1. The number of anilines is 1. The van der Waals surface area contributed by atoms with Crippen molar-refractivity contribution < 1.29 is 9.84 Å². The van der Waals surface area contributed by atoms with Crippen molar-refractivity contribution >= 4 is 5.69 Å². The molecule has 0 spiro atoms. The fraction of sp³-hybridized carbons (Fsp3) is 0.235. The van der Waals surface area contributed by atoms with Gasteiger partial charge in [0.1, 0.15) is 11.5 Å². The van der Waals surface area contributed by atoms with Gasteiger partial charge in [0, 0.05) is 24.7 Å². The second-order valence-electron chi connectivity index (χ2n) is 4.66. The molecule has 0 aromatic heterocycles. The minimum Gasteiger partial charge on any atom is -0.508 e. The lowest BCUT2D eigenvalue weighted by molar-refractivity contribution is 0.313. The molecular formula is C17H18N2O2. The average Bonchev–Trinajstić information content (AvgIpc) is 2.50. The molecule has 0 atom stereocenters. The first-order valence-electron chi connectivity index (χ1n) is 6.89. The first-order valence-corrected chi connectivity index (χ1v) is 6.89. The molecule has 0 aliphatic rings. The van der Waals surface area contributed by atoms with Gasteiger partial charge in [-0.1, -0.05) is 18.2 Å². The van der Waals surface area contributed by atoms with Gasteiger partial charge in [0.25, 0.3) is 0 Å². The third-order valence-corrected chi connectivity index (χ3v) is 2.94. The maximum absolute atomic E-state index is 9.42. The first-order chi connectivity index (χ1) is 10.3. The quantitative estimate of drug-likeness (QED) is 0.760. The van der Waals surface area contributed by atoms with E-state index in [1.807, 2.05) is 36.4 Å². The van der Waals surface area contributed by atoms with Crippen LogP contribution in [0, 0.1) is 11.3 Å². The van der Waals surface area contributed by atoms with E-state index in [0.29, 0.717) is 19.6 Å². The van der Waals surface area contributed by atoms with E-state index in [0.717, 1.165) is 23.4 Å². The molecule has 4 heteroatoms. The molecule has 0 aliphatic heterocycles. The van der Waals surface area contributed by atoms with Gasteiger partial charge in [-0.25, -0.2) is 0 Å². The highest BCUT2D eigenvalue weighted by atomic mass is 16.5. The predicted molar refractivity (Wildman–Crippen MR) is 82.2 cm³/mol. The van der Waals surface area contributed by atoms with E-state index >= 15 is 0 Å². The lowest BCUT2D eigenvalue weighted by Gasteiger charge is -2.10. The Balaban J connectivity index is 1.87. The highest BCUT2D eigenvalue weighted by molar-refractivity contribution is 5.48. The Morgan fingerprint density at radius 1 is 1.14 bits per heavy atom. The van der Waals surface area contributed by atoms with E-state index in [9.17, 15) is 5.11 Å². The summed E-state index contributed by atoms with van der Waals surface area (Å²) in [6.45, 7) is 1.18. The summed E-state index contributed by atoms with van der Waals surface area (Å²) in [7, 11) is 0. The number of rotatable bonds is 7. The molecule has 21 heavy (non-hydrogen) atoms. The van der Waals surface area contributed by atoms with Crippen molar-refractivity contribution in [1.29, 1.82) is 5.26 Å². The Bertz CT molecular complexity index is 620. The van der Waals surface area contributed by atoms with Crippen molar-refractivity contribution in [1.82, 2.24) is 0 Å². The zero-order chi connectivity index (χ0) is 14.9. The highest BCUT2D eigenvalue weighted by Gasteiger charge is 1.98. The molecular weight excluding hydrogens is 264 g/mol. The largest absolute Gasteiger partial charge is 0.508 e. The number of phenolic OH excluding ortho intramolecular Hbond substituents is 1. The zero-order valence-electron chi connectivity index (χ0n) is 11.7. The maximum atomic E-state index is 9.42. The number of aromatic hydroxyl groups is 1. The molecule has 2 rings (SSSR count). The Kier molecular flexibility index (Phi) is 5.48. The number of hydrogen-bond donors (Lipinski definition) is 2. The molecule has 0 radical (unpaired) electrons. The molecule has 0 unspecified atom stereocenters. The van der Waals surface area contributed by atoms with Gasteiger partial charge in [0.15, 0.2) is 0 Å². The molecule has 0 fully saturated rings. The highest BCUT2D eigenvalue weighted by Crippen LogP contribution is 2.19. The Morgan fingerprint density at radius 3 is 2.81 bits per heavy atom. The molecule has 0 heterocycles. The molecule has 0 aliphatic carbocycles. The number of unbranched alkanes of at least 4 members (excludes halogenated alkanes) is 1. The van der Waals surface area contributed by atoms with Crippen LogP contribution in [0.15, 0.2) is 48.5 Å². The molecule has 0 bridgehead atoms. The van der Waals surface area contributed by atoms with Crippen LogP contribution in [0.2, 0.25) is 0 Å². The number of ether oxygens (including phenoxy) is 1. The fourth-order valence-corrected chi connectivity index (χ4v) is 1.91. The van der Waals surface area contributed by atoms with E-state index in [2.05, 4.69) is 11.4 Å². The summed E-state index contributed by atoms with van der Waals surface area (Å²) in [5.41, 5.74) is 1.96. The van der Waals surface area contributed by atoms with Crippen molar-refractivity contribution in [3.05, 3.63) is 54.1 Å². The lowest BCUT2D eigenvalue weighted by Crippen LogP contribution is -2.00. The van der Waals surface area contributed by atoms with Gasteiger partial charge in [-0.05, 0) is 36.2 Å². The van der Waals surface area contributed by atoms with E-state index in [-0.39, 0.29) is 5.75 Å². The minimum atomic E-state index is 0.267. The van der Waals surface area contributed by atoms with Gasteiger partial charge >= 0.3 is 0 Å². The normalized spacial score (nSPS) is 9.86. The van der Waals surface area contributed by atoms with Crippen LogP contribution in [0.25, 0.3) is 0 Å².